The lowest BCUT2D eigenvalue weighted by molar-refractivity contribution is -0.142. The molecule has 2 rings (SSSR count). The number of benzene rings is 2. The van der Waals surface area contributed by atoms with E-state index in [-0.39, 0.29) is 19.3 Å². The van der Waals surface area contributed by atoms with Crippen LogP contribution in [0.5, 0.6) is 0 Å². The van der Waals surface area contributed by atoms with Crippen molar-refractivity contribution in [3.8, 4) is 0 Å². The van der Waals surface area contributed by atoms with Crippen LogP contribution < -0.4 is 27.4 Å². The van der Waals surface area contributed by atoms with Gasteiger partial charge in [0.2, 0.25) is 17.7 Å². The summed E-state index contributed by atoms with van der Waals surface area (Å²) in [6, 6.07) is 13.2. The Balaban J connectivity index is 2.24. The van der Waals surface area contributed by atoms with E-state index in [0.29, 0.717) is 19.4 Å². The molecule has 5 atom stereocenters. The highest BCUT2D eigenvalue weighted by Gasteiger charge is 2.31. The summed E-state index contributed by atoms with van der Waals surface area (Å²) < 4.78 is 0. The van der Waals surface area contributed by atoms with Gasteiger partial charge in [-0.25, -0.2) is 4.79 Å². The van der Waals surface area contributed by atoms with Crippen LogP contribution in [0.25, 0.3) is 0 Å². The molecule has 39 heavy (non-hydrogen) atoms. The van der Waals surface area contributed by atoms with Gasteiger partial charge in [0.05, 0.1) is 6.10 Å². The summed E-state index contributed by atoms with van der Waals surface area (Å²) in [5.74, 6) is -3.24. The van der Waals surface area contributed by atoms with E-state index in [1.807, 2.05) is 6.07 Å². The number of aliphatic hydroxyl groups is 1. The van der Waals surface area contributed by atoms with E-state index in [4.69, 9.17) is 11.5 Å². The molecule has 5 unspecified atom stereocenters. The van der Waals surface area contributed by atoms with Gasteiger partial charge < -0.3 is 37.6 Å². The number of carboxylic acid groups (broad SMARTS) is 1. The molecule has 11 heteroatoms. The summed E-state index contributed by atoms with van der Waals surface area (Å²) in [6.45, 7) is 1.76. The standard InChI is InChI=1S/C28H39N5O6/c1-18(34)24(30)27(37)31-21(14-8-9-15-29)25(35)32-22(16-19-10-4-2-5-11-19)26(36)33-23(28(38)39)17-20-12-6-3-7-13-20/h2-7,10-13,18,21-24,34H,8-9,14-17,29-30H2,1H3,(H,31,37)(H,32,35)(H,33,36)(H,38,39). The van der Waals surface area contributed by atoms with E-state index in [1.54, 1.807) is 54.6 Å². The SMILES string of the molecule is CC(O)C(N)C(=O)NC(CCCCN)C(=O)NC(Cc1ccccc1)C(=O)NC(Cc1ccccc1)C(=O)O. The van der Waals surface area contributed by atoms with Gasteiger partial charge in [0.25, 0.3) is 0 Å². The Morgan fingerprint density at radius 1 is 0.744 bits per heavy atom. The summed E-state index contributed by atoms with van der Waals surface area (Å²) >= 11 is 0. The second-order valence-corrected chi connectivity index (χ2v) is 9.45. The van der Waals surface area contributed by atoms with Gasteiger partial charge in [-0.1, -0.05) is 60.7 Å². The largest absolute Gasteiger partial charge is 0.480 e. The van der Waals surface area contributed by atoms with Crippen LogP contribution in [-0.4, -0.2) is 70.7 Å². The highest BCUT2D eigenvalue weighted by Crippen LogP contribution is 2.09. The lowest BCUT2D eigenvalue weighted by atomic mass is 10.0. The second-order valence-electron chi connectivity index (χ2n) is 9.45. The number of carboxylic acids is 1. The van der Waals surface area contributed by atoms with E-state index in [2.05, 4.69) is 16.0 Å². The molecule has 2 aromatic rings. The van der Waals surface area contributed by atoms with Crippen LogP contribution in [0.15, 0.2) is 60.7 Å². The van der Waals surface area contributed by atoms with Crippen molar-refractivity contribution < 1.29 is 29.4 Å². The van der Waals surface area contributed by atoms with Gasteiger partial charge in [-0.15, -0.1) is 0 Å². The summed E-state index contributed by atoms with van der Waals surface area (Å²) in [5.41, 5.74) is 12.8. The molecule has 0 radical (unpaired) electrons. The highest BCUT2D eigenvalue weighted by molar-refractivity contribution is 5.94. The fourth-order valence-corrected chi connectivity index (χ4v) is 3.90. The molecule has 0 fully saturated rings. The van der Waals surface area contributed by atoms with Crippen molar-refractivity contribution in [2.45, 2.75) is 69.3 Å². The number of unbranched alkanes of at least 4 members (excludes halogenated alkanes) is 1. The van der Waals surface area contributed by atoms with Crippen LogP contribution in [-0.2, 0) is 32.0 Å². The minimum absolute atomic E-state index is 0.0585. The van der Waals surface area contributed by atoms with E-state index in [1.165, 1.54) is 6.92 Å². The van der Waals surface area contributed by atoms with E-state index in [9.17, 15) is 29.4 Å². The lowest BCUT2D eigenvalue weighted by Crippen LogP contribution is -2.58. The van der Waals surface area contributed by atoms with Crippen molar-refractivity contribution in [1.82, 2.24) is 16.0 Å². The number of nitrogens with one attached hydrogen (secondary N) is 3. The Morgan fingerprint density at radius 3 is 1.69 bits per heavy atom. The van der Waals surface area contributed by atoms with Crippen LogP contribution in [0.1, 0.15) is 37.3 Å². The molecular formula is C28H39N5O6. The predicted molar refractivity (Wildman–Crippen MR) is 146 cm³/mol. The average molecular weight is 542 g/mol. The van der Waals surface area contributed by atoms with E-state index >= 15 is 0 Å². The maximum atomic E-state index is 13.3. The highest BCUT2D eigenvalue weighted by atomic mass is 16.4. The Labute approximate surface area is 228 Å². The van der Waals surface area contributed by atoms with E-state index < -0.39 is 54.0 Å². The van der Waals surface area contributed by atoms with Crippen molar-refractivity contribution in [2.24, 2.45) is 11.5 Å². The normalized spacial score (nSPS) is 14.8. The third kappa shape index (κ3) is 10.8. The van der Waals surface area contributed by atoms with Crippen molar-refractivity contribution in [2.75, 3.05) is 6.54 Å². The summed E-state index contributed by atoms with van der Waals surface area (Å²) in [4.78, 5) is 51.1. The van der Waals surface area contributed by atoms with Crippen molar-refractivity contribution >= 4 is 23.7 Å². The van der Waals surface area contributed by atoms with Gasteiger partial charge >= 0.3 is 5.97 Å². The molecule has 11 nitrogen and oxygen atoms in total. The fourth-order valence-electron chi connectivity index (χ4n) is 3.90. The monoisotopic (exact) mass is 541 g/mol. The summed E-state index contributed by atoms with van der Waals surface area (Å²) in [7, 11) is 0. The first-order valence-electron chi connectivity index (χ1n) is 13.0. The zero-order valence-electron chi connectivity index (χ0n) is 22.1. The number of amides is 3. The smallest absolute Gasteiger partial charge is 0.326 e. The summed E-state index contributed by atoms with van der Waals surface area (Å²) in [5, 5.41) is 27.2. The average Bonchev–Trinajstić information content (AvgIpc) is 2.92. The van der Waals surface area contributed by atoms with Crippen molar-refractivity contribution in [3.05, 3.63) is 71.8 Å². The van der Waals surface area contributed by atoms with Crippen molar-refractivity contribution in [3.63, 3.8) is 0 Å². The number of carbonyl (C=O) groups is 4. The van der Waals surface area contributed by atoms with Gasteiger partial charge in [0, 0.05) is 12.8 Å². The van der Waals surface area contributed by atoms with Crippen LogP contribution >= 0.6 is 0 Å². The predicted octanol–water partition coefficient (Wildman–Crippen LogP) is -0.152. The number of aliphatic carboxylic acids is 1. The molecule has 212 valence electrons. The number of hydrogen-bond acceptors (Lipinski definition) is 7. The molecule has 2 aromatic carbocycles. The minimum atomic E-state index is -1.24. The molecule has 0 bridgehead atoms. The fraction of sp³-hybridized carbons (Fsp3) is 0.429. The van der Waals surface area contributed by atoms with Gasteiger partial charge in [-0.3, -0.25) is 14.4 Å². The quantitative estimate of drug-likeness (QED) is 0.142. The molecule has 0 aromatic heterocycles. The minimum Gasteiger partial charge on any atom is -0.480 e. The molecule has 0 spiro atoms. The number of rotatable bonds is 16. The summed E-state index contributed by atoms with van der Waals surface area (Å²) in [6.07, 6.45) is 0.372. The maximum absolute atomic E-state index is 13.3. The molecular weight excluding hydrogens is 502 g/mol. The number of nitrogens with two attached hydrogens (primary N) is 2. The molecule has 0 heterocycles. The Hall–Kier alpha value is -3.80. The molecule has 0 aliphatic rings. The van der Waals surface area contributed by atoms with Crippen LogP contribution in [0, 0.1) is 0 Å². The zero-order chi connectivity index (χ0) is 28.8. The maximum Gasteiger partial charge on any atom is 0.326 e. The first-order chi connectivity index (χ1) is 18.6. The van der Waals surface area contributed by atoms with Gasteiger partial charge in [0.15, 0.2) is 0 Å². The Bertz CT molecular complexity index is 1070. The number of carbonyl (C=O) groups excluding carboxylic acids is 3. The third-order valence-electron chi connectivity index (χ3n) is 6.22. The molecule has 9 N–H and O–H groups in total. The molecule has 0 aliphatic carbocycles. The molecule has 0 saturated carbocycles. The lowest BCUT2D eigenvalue weighted by Gasteiger charge is -2.26. The first-order valence-corrected chi connectivity index (χ1v) is 13.0. The Kier molecular flexibility index (Phi) is 13.1. The third-order valence-corrected chi connectivity index (χ3v) is 6.22. The zero-order valence-corrected chi connectivity index (χ0v) is 22.1. The van der Waals surface area contributed by atoms with Crippen LogP contribution in [0.4, 0.5) is 0 Å². The molecule has 0 saturated heterocycles. The van der Waals surface area contributed by atoms with Crippen molar-refractivity contribution in [1.29, 1.82) is 0 Å². The second kappa shape index (κ2) is 16.2. The van der Waals surface area contributed by atoms with Gasteiger partial charge in [-0.05, 0) is 43.9 Å². The van der Waals surface area contributed by atoms with Crippen LogP contribution in [0.3, 0.4) is 0 Å². The molecule has 3 amide bonds. The van der Waals surface area contributed by atoms with Gasteiger partial charge in [0.1, 0.15) is 24.2 Å². The Morgan fingerprint density at radius 2 is 1.21 bits per heavy atom. The number of aliphatic hydroxyl groups excluding tert-OH is 1. The first kappa shape index (κ1) is 31.4. The topological polar surface area (TPSA) is 197 Å². The van der Waals surface area contributed by atoms with E-state index in [0.717, 1.165) is 11.1 Å². The molecule has 0 aliphatic heterocycles. The van der Waals surface area contributed by atoms with Crippen LogP contribution in [0.2, 0.25) is 0 Å². The number of hydrogen-bond donors (Lipinski definition) is 7. The van der Waals surface area contributed by atoms with Gasteiger partial charge in [-0.2, -0.15) is 0 Å².